The van der Waals surface area contributed by atoms with Gasteiger partial charge in [-0.2, -0.15) is 0 Å². The molecule has 2 N–H and O–H groups in total. The lowest BCUT2D eigenvalue weighted by Crippen LogP contribution is -1.96. The van der Waals surface area contributed by atoms with Crippen LogP contribution in [0.2, 0.25) is 0 Å². The van der Waals surface area contributed by atoms with Gasteiger partial charge in [0.2, 0.25) is 0 Å². The van der Waals surface area contributed by atoms with Gasteiger partial charge in [0, 0.05) is 0 Å². The van der Waals surface area contributed by atoms with Crippen LogP contribution in [0.4, 0.5) is 0 Å². The highest BCUT2D eigenvalue weighted by atomic mass is 16.5. The van der Waals surface area contributed by atoms with Crippen molar-refractivity contribution in [2.75, 3.05) is 0 Å². The molecule has 0 aliphatic heterocycles. The number of aliphatic hydroxyl groups excluding tert-OH is 1. The van der Waals surface area contributed by atoms with Gasteiger partial charge in [0.1, 0.15) is 17.3 Å². The third-order valence-corrected chi connectivity index (χ3v) is 1.90. The molecule has 0 aliphatic carbocycles. The number of hydrogen-bond donors (Lipinski definition) is 2. The van der Waals surface area contributed by atoms with Crippen LogP contribution in [-0.4, -0.2) is 16.3 Å². The first kappa shape index (κ1) is 12.3. The minimum Gasteiger partial charge on any atom is -0.508 e. The summed E-state index contributed by atoms with van der Waals surface area (Å²) in [6.45, 7) is 3.52. The Labute approximate surface area is 95.3 Å². The van der Waals surface area contributed by atoms with E-state index in [1.54, 1.807) is 49.4 Å². The SMILES string of the molecule is C/C=C(\C=C/C(C)O)Oc1ccc(O)cc1. The van der Waals surface area contributed by atoms with Crippen molar-refractivity contribution in [3.05, 3.63) is 48.3 Å². The number of aromatic hydroxyl groups is 1. The van der Waals surface area contributed by atoms with Gasteiger partial charge in [-0.15, -0.1) is 0 Å². The average Bonchev–Trinajstić information content (AvgIpc) is 2.26. The van der Waals surface area contributed by atoms with Crippen LogP contribution in [-0.2, 0) is 0 Å². The third-order valence-electron chi connectivity index (χ3n) is 1.90. The maximum Gasteiger partial charge on any atom is 0.127 e. The lowest BCUT2D eigenvalue weighted by molar-refractivity contribution is 0.243. The fourth-order valence-electron chi connectivity index (χ4n) is 1.07. The molecule has 0 amide bonds. The highest BCUT2D eigenvalue weighted by Crippen LogP contribution is 2.18. The van der Waals surface area contributed by atoms with Crippen molar-refractivity contribution in [2.45, 2.75) is 20.0 Å². The van der Waals surface area contributed by atoms with Gasteiger partial charge in [-0.3, -0.25) is 0 Å². The van der Waals surface area contributed by atoms with E-state index in [0.29, 0.717) is 11.5 Å². The van der Waals surface area contributed by atoms with E-state index in [0.717, 1.165) is 0 Å². The second-order valence-electron chi connectivity index (χ2n) is 3.39. The van der Waals surface area contributed by atoms with Crippen LogP contribution in [0.1, 0.15) is 13.8 Å². The molecule has 0 saturated carbocycles. The van der Waals surface area contributed by atoms with Crippen molar-refractivity contribution in [1.29, 1.82) is 0 Å². The normalized spacial score (nSPS) is 14.1. The van der Waals surface area contributed by atoms with E-state index < -0.39 is 6.10 Å². The number of rotatable bonds is 4. The molecule has 0 aromatic heterocycles. The Morgan fingerprint density at radius 1 is 1.31 bits per heavy atom. The van der Waals surface area contributed by atoms with Gasteiger partial charge < -0.3 is 14.9 Å². The first-order valence-corrected chi connectivity index (χ1v) is 5.11. The number of phenols is 1. The summed E-state index contributed by atoms with van der Waals surface area (Å²) in [5.74, 6) is 1.49. The molecule has 1 unspecified atom stereocenters. The van der Waals surface area contributed by atoms with Gasteiger partial charge >= 0.3 is 0 Å². The smallest absolute Gasteiger partial charge is 0.127 e. The topological polar surface area (TPSA) is 49.7 Å². The molecule has 0 aliphatic rings. The zero-order chi connectivity index (χ0) is 12.0. The summed E-state index contributed by atoms with van der Waals surface area (Å²) < 4.78 is 5.52. The summed E-state index contributed by atoms with van der Waals surface area (Å²) >= 11 is 0. The number of hydrogen-bond acceptors (Lipinski definition) is 3. The van der Waals surface area contributed by atoms with Gasteiger partial charge in [0.25, 0.3) is 0 Å². The van der Waals surface area contributed by atoms with Gasteiger partial charge in [0.15, 0.2) is 0 Å². The Hall–Kier alpha value is -1.74. The molecule has 0 saturated heterocycles. The van der Waals surface area contributed by atoms with Crippen molar-refractivity contribution in [3.8, 4) is 11.5 Å². The molecule has 16 heavy (non-hydrogen) atoms. The fourth-order valence-corrected chi connectivity index (χ4v) is 1.07. The second-order valence-corrected chi connectivity index (χ2v) is 3.39. The van der Waals surface area contributed by atoms with Crippen molar-refractivity contribution in [1.82, 2.24) is 0 Å². The molecule has 1 aromatic rings. The summed E-state index contributed by atoms with van der Waals surface area (Å²) in [4.78, 5) is 0. The molecule has 86 valence electrons. The van der Waals surface area contributed by atoms with Crippen LogP contribution >= 0.6 is 0 Å². The predicted molar refractivity (Wildman–Crippen MR) is 63.3 cm³/mol. The Kier molecular flexibility index (Phi) is 4.61. The molecule has 3 heteroatoms. The van der Waals surface area contributed by atoms with E-state index >= 15 is 0 Å². The van der Waals surface area contributed by atoms with Crippen molar-refractivity contribution in [3.63, 3.8) is 0 Å². The number of aliphatic hydroxyl groups is 1. The molecule has 0 fully saturated rings. The molecule has 0 radical (unpaired) electrons. The molecule has 1 atom stereocenters. The minimum atomic E-state index is -0.502. The molecule has 1 rings (SSSR count). The highest BCUT2D eigenvalue weighted by molar-refractivity contribution is 5.32. The van der Waals surface area contributed by atoms with Crippen LogP contribution < -0.4 is 4.74 Å². The summed E-state index contributed by atoms with van der Waals surface area (Å²) in [6.07, 6.45) is 4.64. The first-order valence-electron chi connectivity index (χ1n) is 5.11. The van der Waals surface area contributed by atoms with Crippen molar-refractivity contribution < 1.29 is 14.9 Å². The maximum absolute atomic E-state index is 9.11. The average molecular weight is 220 g/mol. The number of allylic oxidation sites excluding steroid dienone is 2. The summed E-state index contributed by atoms with van der Waals surface area (Å²) in [7, 11) is 0. The minimum absolute atomic E-state index is 0.203. The summed E-state index contributed by atoms with van der Waals surface area (Å²) in [5, 5.41) is 18.2. The summed E-state index contributed by atoms with van der Waals surface area (Å²) in [5.41, 5.74) is 0. The van der Waals surface area contributed by atoms with Gasteiger partial charge in [-0.25, -0.2) is 0 Å². The van der Waals surface area contributed by atoms with Gasteiger partial charge in [0.05, 0.1) is 6.10 Å². The largest absolute Gasteiger partial charge is 0.508 e. The van der Waals surface area contributed by atoms with Crippen molar-refractivity contribution >= 4 is 0 Å². The number of benzene rings is 1. The molecular weight excluding hydrogens is 204 g/mol. The first-order chi connectivity index (χ1) is 7.61. The lowest BCUT2D eigenvalue weighted by Gasteiger charge is -2.06. The molecule has 3 nitrogen and oxygen atoms in total. The Balaban J connectivity index is 2.68. The zero-order valence-electron chi connectivity index (χ0n) is 9.42. The third kappa shape index (κ3) is 4.19. The standard InChI is InChI=1S/C13H16O3/c1-3-12(7-4-10(2)14)16-13-8-5-11(15)6-9-13/h3-10,14-15H,1-2H3/b7-4-,12-3+. The van der Waals surface area contributed by atoms with Crippen LogP contribution in [0.25, 0.3) is 0 Å². The van der Waals surface area contributed by atoms with Crippen LogP contribution in [0.15, 0.2) is 48.3 Å². The molecule has 0 bridgehead atoms. The van der Waals surface area contributed by atoms with Crippen molar-refractivity contribution in [2.24, 2.45) is 0 Å². The van der Waals surface area contributed by atoms with Gasteiger partial charge in [-0.1, -0.05) is 6.08 Å². The zero-order valence-corrected chi connectivity index (χ0v) is 9.42. The Morgan fingerprint density at radius 3 is 2.44 bits per heavy atom. The van der Waals surface area contributed by atoms with E-state index in [1.807, 2.05) is 6.92 Å². The van der Waals surface area contributed by atoms with E-state index in [4.69, 9.17) is 14.9 Å². The highest BCUT2D eigenvalue weighted by Gasteiger charge is 1.97. The van der Waals surface area contributed by atoms with Crippen LogP contribution in [0.3, 0.4) is 0 Å². The second kappa shape index (κ2) is 5.98. The van der Waals surface area contributed by atoms with Gasteiger partial charge in [-0.05, 0) is 50.3 Å². The van der Waals surface area contributed by atoms with E-state index in [2.05, 4.69) is 0 Å². The van der Waals surface area contributed by atoms with E-state index in [9.17, 15) is 0 Å². The molecule has 0 spiro atoms. The monoisotopic (exact) mass is 220 g/mol. The van der Waals surface area contributed by atoms with E-state index in [1.165, 1.54) is 0 Å². The molecular formula is C13H16O3. The predicted octanol–water partition coefficient (Wildman–Crippen LogP) is 2.61. The van der Waals surface area contributed by atoms with Crippen LogP contribution in [0.5, 0.6) is 11.5 Å². The fraction of sp³-hybridized carbons (Fsp3) is 0.231. The summed E-state index contributed by atoms with van der Waals surface area (Å²) in [6, 6.07) is 6.46. The Morgan fingerprint density at radius 2 is 1.94 bits per heavy atom. The number of phenolic OH excluding ortho intramolecular Hbond substituents is 1. The van der Waals surface area contributed by atoms with E-state index in [-0.39, 0.29) is 5.75 Å². The molecule has 1 aromatic carbocycles. The lowest BCUT2D eigenvalue weighted by atomic mass is 10.3. The molecule has 0 heterocycles. The maximum atomic E-state index is 9.11. The quantitative estimate of drug-likeness (QED) is 0.605. The number of ether oxygens (including phenoxy) is 1. The van der Waals surface area contributed by atoms with Crippen LogP contribution in [0, 0.1) is 0 Å². The Bertz CT molecular complexity index is 375.